The van der Waals surface area contributed by atoms with E-state index in [-0.39, 0.29) is 23.9 Å². The number of hydrogen-bond donors (Lipinski definition) is 1. The van der Waals surface area contributed by atoms with Crippen molar-refractivity contribution in [2.24, 2.45) is 5.41 Å². The molecule has 0 fully saturated rings. The third-order valence-corrected chi connectivity index (χ3v) is 2.43. The highest BCUT2D eigenvalue weighted by Crippen LogP contribution is 2.19. The van der Waals surface area contributed by atoms with Crippen molar-refractivity contribution < 1.29 is 19.1 Å². The molecular weight excluding hydrogens is 260 g/mol. The third kappa shape index (κ3) is 3.88. The minimum atomic E-state index is -0.966. The van der Waals surface area contributed by atoms with Gasteiger partial charge in [0.15, 0.2) is 0 Å². The van der Waals surface area contributed by atoms with E-state index in [2.05, 4.69) is 15.0 Å². The van der Waals surface area contributed by atoms with Gasteiger partial charge in [0.2, 0.25) is 5.91 Å². The summed E-state index contributed by atoms with van der Waals surface area (Å²) in [6, 6.07) is 2.93. The molecule has 0 aliphatic carbocycles. The molecule has 1 amide bonds. The van der Waals surface area contributed by atoms with Gasteiger partial charge in [0.1, 0.15) is 5.82 Å². The number of ketones is 1. The lowest BCUT2D eigenvalue weighted by Gasteiger charge is -2.18. The number of Topliss-reactive ketones (excluding diaryl/α,β-unsaturated/α-hetero) is 1. The zero-order valence-electron chi connectivity index (χ0n) is 12.0. The van der Waals surface area contributed by atoms with E-state index in [0.717, 1.165) is 0 Å². The molecule has 108 valence electrons. The average molecular weight is 278 g/mol. The van der Waals surface area contributed by atoms with Crippen molar-refractivity contribution in [1.82, 2.24) is 4.98 Å². The first kappa shape index (κ1) is 15.8. The van der Waals surface area contributed by atoms with Crippen LogP contribution in [0.5, 0.6) is 0 Å². The lowest BCUT2D eigenvalue weighted by atomic mass is 9.95. The molecule has 0 aliphatic rings. The van der Waals surface area contributed by atoms with Gasteiger partial charge >= 0.3 is 5.97 Å². The molecule has 1 aromatic rings. The molecule has 0 atom stereocenters. The van der Waals surface area contributed by atoms with Crippen molar-refractivity contribution in [1.29, 1.82) is 0 Å². The molecule has 0 aromatic carbocycles. The quantitative estimate of drug-likeness (QED) is 0.516. The molecule has 0 unspecified atom stereocenters. The first-order valence-electron chi connectivity index (χ1n) is 6.25. The summed E-state index contributed by atoms with van der Waals surface area (Å²) < 4.78 is 4.66. The fourth-order valence-electron chi connectivity index (χ4n) is 1.29. The van der Waals surface area contributed by atoms with E-state index in [0.29, 0.717) is 0 Å². The van der Waals surface area contributed by atoms with Crippen LogP contribution in [0.15, 0.2) is 18.3 Å². The second-order valence-electron chi connectivity index (χ2n) is 5.15. The van der Waals surface area contributed by atoms with Crippen molar-refractivity contribution in [2.45, 2.75) is 27.7 Å². The highest BCUT2D eigenvalue weighted by molar-refractivity contribution is 6.41. The smallest absolute Gasteiger partial charge is 0.379 e. The number of carbonyl (C=O) groups excluding carboxylic acids is 3. The predicted molar refractivity (Wildman–Crippen MR) is 73.3 cm³/mol. The molecule has 1 heterocycles. The fraction of sp³-hybridized carbons (Fsp3) is 0.429. The zero-order chi connectivity index (χ0) is 15.3. The van der Waals surface area contributed by atoms with Crippen molar-refractivity contribution in [3.63, 3.8) is 0 Å². The molecule has 0 saturated carbocycles. The average Bonchev–Trinajstić information content (AvgIpc) is 2.37. The van der Waals surface area contributed by atoms with Gasteiger partial charge in [-0.3, -0.25) is 9.59 Å². The van der Waals surface area contributed by atoms with Crippen LogP contribution in [0.25, 0.3) is 0 Å². The van der Waals surface area contributed by atoms with Crippen LogP contribution in [-0.4, -0.2) is 29.3 Å². The second kappa shape index (κ2) is 6.27. The van der Waals surface area contributed by atoms with Gasteiger partial charge in [-0.1, -0.05) is 20.8 Å². The normalized spacial score (nSPS) is 10.8. The number of carbonyl (C=O) groups is 3. The topological polar surface area (TPSA) is 85.4 Å². The predicted octanol–water partition coefficient (Wildman–Crippen LogP) is 1.81. The minimum absolute atomic E-state index is 0.0172. The maximum atomic E-state index is 11.9. The molecule has 0 radical (unpaired) electrons. The maximum absolute atomic E-state index is 11.9. The summed E-state index contributed by atoms with van der Waals surface area (Å²) in [5.41, 5.74) is -0.620. The molecular formula is C14H18N2O4. The summed E-state index contributed by atoms with van der Waals surface area (Å²) in [5, 5.41) is 2.55. The highest BCUT2D eigenvalue weighted by atomic mass is 16.5. The number of nitrogens with one attached hydrogen (secondary N) is 1. The molecule has 0 aliphatic heterocycles. The van der Waals surface area contributed by atoms with Gasteiger partial charge in [-0.05, 0) is 19.1 Å². The van der Waals surface area contributed by atoms with Gasteiger partial charge in [-0.2, -0.15) is 0 Å². The van der Waals surface area contributed by atoms with Crippen LogP contribution in [0.1, 0.15) is 38.1 Å². The van der Waals surface area contributed by atoms with Crippen LogP contribution >= 0.6 is 0 Å². The van der Waals surface area contributed by atoms with Crippen LogP contribution in [0.3, 0.4) is 0 Å². The first-order valence-corrected chi connectivity index (χ1v) is 6.25. The van der Waals surface area contributed by atoms with Gasteiger partial charge in [-0.25, -0.2) is 9.78 Å². The Bertz CT molecular complexity index is 532. The summed E-state index contributed by atoms with van der Waals surface area (Å²) >= 11 is 0. The number of esters is 1. The molecule has 6 nitrogen and oxygen atoms in total. The number of anilines is 1. The molecule has 1 aromatic heterocycles. The standard InChI is InChI=1S/C14H18N2O4/c1-5-20-12(18)10(17)9-7-6-8-15-11(9)16-13(19)14(2,3)4/h6-8H,5H2,1-4H3,(H,15,16,19). The van der Waals surface area contributed by atoms with Crippen LogP contribution in [-0.2, 0) is 14.3 Å². The summed E-state index contributed by atoms with van der Waals surface area (Å²) in [6.45, 7) is 6.92. The molecule has 1 N–H and O–H groups in total. The number of hydrogen-bond acceptors (Lipinski definition) is 5. The Balaban J connectivity index is 3.03. The summed E-state index contributed by atoms with van der Waals surface area (Å²) in [6.07, 6.45) is 1.43. The molecule has 6 heteroatoms. The highest BCUT2D eigenvalue weighted by Gasteiger charge is 2.26. The van der Waals surface area contributed by atoms with Gasteiger partial charge in [0.05, 0.1) is 12.2 Å². The third-order valence-electron chi connectivity index (χ3n) is 2.43. The number of aromatic nitrogens is 1. The van der Waals surface area contributed by atoms with E-state index >= 15 is 0 Å². The van der Waals surface area contributed by atoms with Gasteiger partial charge in [0.25, 0.3) is 5.78 Å². The molecule has 0 saturated heterocycles. The zero-order valence-corrected chi connectivity index (χ0v) is 12.0. The summed E-state index contributed by atoms with van der Waals surface area (Å²) in [4.78, 5) is 39.2. The first-order chi connectivity index (χ1) is 9.27. The minimum Gasteiger partial charge on any atom is -0.460 e. The number of ether oxygens (including phenoxy) is 1. The summed E-state index contributed by atoms with van der Waals surface area (Å²) in [5.74, 6) is -2.03. The van der Waals surface area contributed by atoms with Crippen LogP contribution in [0.2, 0.25) is 0 Å². The molecule has 20 heavy (non-hydrogen) atoms. The fourth-order valence-corrected chi connectivity index (χ4v) is 1.29. The van der Waals surface area contributed by atoms with Crippen LogP contribution in [0.4, 0.5) is 5.82 Å². The summed E-state index contributed by atoms with van der Waals surface area (Å²) in [7, 11) is 0. The number of amides is 1. The van der Waals surface area contributed by atoms with Gasteiger partial charge < -0.3 is 10.1 Å². The number of pyridine rings is 1. The molecule has 0 spiro atoms. The van der Waals surface area contributed by atoms with Gasteiger partial charge in [-0.15, -0.1) is 0 Å². The Kier molecular flexibility index (Phi) is 4.96. The Labute approximate surface area is 117 Å². The Hall–Kier alpha value is -2.24. The Morgan fingerprint density at radius 2 is 1.95 bits per heavy atom. The van der Waals surface area contributed by atoms with E-state index in [1.54, 1.807) is 27.7 Å². The van der Waals surface area contributed by atoms with Crippen LogP contribution < -0.4 is 5.32 Å². The van der Waals surface area contributed by atoms with E-state index in [9.17, 15) is 14.4 Å². The molecule has 1 rings (SSSR count). The van der Waals surface area contributed by atoms with Crippen LogP contribution in [0, 0.1) is 5.41 Å². The number of nitrogens with zero attached hydrogens (tertiary/aromatic N) is 1. The van der Waals surface area contributed by atoms with Gasteiger partial charge in [0, 0.05) is 11.6 Å². The van der Waals surface area contributed by atoms with E-state index in [4.69, 9.17) is 0 Å². The Morgan fingerprint density at radius 1 is 1.30 bits per heavy atom. The van der Waals surface area contributed by atoms with Crippen molar-refractivity contribution in [3.05, 3.63) is 23.9 Å². The largest absolute Gasteiger partial charge is 0.460 e. The monoisotopic (exact) mass is 278 g/mol. The molecule has 0 bridgehead atoms. The van der Waals surface area contributed by atoms with E-state index in [1.165, 1.54) is 18.3 Å². The SMILES string of the molecule is CCOC(=O)C(=O)c1cccnc1NC(=O)C(C)(C)C. The van der Waals surface area contributed by atoms with E-state index in [1.807, 2.05) is 0 Å². The van der Waals surface area contributed by atoms with Crippen molar-refractivity contribution in [2.75, 3.05) is 11.9 Å². The maximum Gasteiger partial charge on any atom is 0.379 e. The van der Waals surface area contributed by atoms with E-state index < -0.39 is 17.2 Å². The lowest BCUT2D eigenvalue weighted by Crippen LogP contribution is -2.29. The lowest BCUT2D eigenvalue weighted by molar-refractivity contribution is -0.137. The number of rotatable bonds is 4. The Morgan fingerprint density at radius 3 is 2.50 bits per heavy atom. The van der Waals surface area contributed by atoms with Crippen molar-refractivity contribution >= 4 is 23.5 Å². The second-order valence-corrected chi connectivity index (χ2v) is 5.15. The van der Waals surface area contributed by atoms with Crippen molar-refractivity contribution in [3.8, 4) is 0 Å².